The van der Waals surface area contributed by atoms with E-state index < -0.39 is 241 Å². The number of nitrogens with one attached hydrogen (secondary N) is 15. The van der Waals surface area contributed by atoms with Gasteiger partial charge in [-0.25, -0.2) is 4.98 Å². The zero-order chi connectivity index (χ0) is 80.0. The van der Waals surface area contributed by atoms with Gasteiger partial charge in [0.05, 0.1) is 38.5 Å². The van der Waals surface area contributed by atoms with Gasteiger partial charge >= 0.3 is 5.97 Å². The topological polar surface area (TPSA) is 625 Å². The molecule has 15 amide bonds. The van der Waals surface area contributed by atoms with E-state index in [-0.39, 0.29) is 81.4 Å². The number of nitrogens with two attached hydrogens (primary N) is 3. The first-order valence-electron chi connectivity index (χ1n) is 35.1. The second-order valence-corrected chi connectivity index (χ2v) is 31.9. The third-order valence-corrected chi connectivity index (χ3v) is 22.0. The van der Waals surface area contributed by atoms with E-state index >= 15 is 14.4 Å². The van der Waals surface area contributed by atoms with Crippen molar-refractivity contribution in [3.8, 4) is 5.75 Å². The molecule has 0 saturated carbocycles. The molecule has 4 bridgehead atoms. The summed E-state index contributed by atoms with van der Waals surface area (Å²) in [5, 5.41) is 66.6. The fourth-order valence-corrected chi connectivity index (χ4v) is 16.2. The van der Waals surface area contributed by atoms with Crippen LogP contribution in [-0.4, -0.2) is 272 Å². The molecule has 4 saturated heterocycles. The van der Waals surface area contributed by atoms with Crippen LogP contribution in [0.25, 0.3) is 0 Å². The summed E-state index contributed by atoms with van der Waals surface area (Å²) in [5.41, 5.74) is 17.6. The number of fused-ring (bicyclic) bond motifs is 11. The zero-order valence-corrected chi connectivity index (χ0v) is 63.6. The lowest BCUT2D eigenvalue weighted by atomic mass is 10.0. The first-order valence-corrected chi connectivity index (χ1v) is 40.1. The molecule has 4 aliphatic heterocycles. The molecule has 6 rings (SSSR count). The minimum atomic E-state index is -1.87. The number of phenols is 1. The Morgan fingerprint density at radius 3 is 1.59 bits per heavy atom. The van der Waals surface area contributed by atoms with Crippen LogP contribution >= 0.6 is 43.2 Å². The number of phenolic OH excluding ortho intramolecular Hbond substituents is 1. The van der Waals surface area contributed by atoms with Crippen molar-refractivity contribution in [2.75, 3.05) is 62.3 Å². The molecule has 1 aromatic carbocycles. The number of carboxylic acids is 1. The van der Waals surface area contributed by atoms with Gasteiger partial charge in [0.15, 0.2) is 5.96 Å². The Hall–Kier alpha value is -9.66. The van der Waals surface area contributed by atoms with Crippen LogP contribution in [0.1, 0.15) is 90.3 Å². The maximum Gasteiger partial charge on any atom is 0.305 e. The summed E-state index contributed by atoms with van der Waals surface area (Å²) in [6.45, 7) is 3.39. The van der Waals surface area contributed by atoms with E-state index in [0.29, 0.717) is 12.0 Å². The van der Waals surface area contributed by atoms with E-state index in [2.05, 4.69) is 89.4 Å². The van der Waals surface area contributed by atoms with Gasteiger partial charge in [-0.3, -0.25) is 81.7 Å². The van der Waals surface area contributed by atoms with Crippen LogP contribution in [0.15, 0.2) is 41.8 Å². The molecule has 24 N–H and O–H groups in total. The molecule has 4 aliphatic rings. The van der Waals surface area contributed by atoms with Crippen LogP contribution < -0.4 is 91.6 Å². The molecule has 5 heterocycles. The minimum absolute atomic E-state index is 0.0157. The zero-order valence-electron chi connectivity index (χ0n) is 60.3. The predicted octanol–water partition coefficient (Wildman–Crippen LogP) is -7.29. The van der Waals surface area contributed by atoms with Gasteiger partial charge < -0.3 is 117 Å². The predicted molar refractivity (Wildman–Crippen MR) is 400 cm³/mol. The molecule has 13 atom stereocenters. The van der Waals surface area contributed by atoms with Crippen LogP contribution in [0.2, 0.25) is 0 Å². The molecular weight excluding hydrogens is 1510 g/mol. The number of benzene rings is 1. The Bertz CT molecular complexity index is 3600. The lowest BCUT2D eigenvalue weighted by Gasteiger charge is -2.31. The van der Waals surface area contributed by atoms with Crippen molar-refractivity contribution in [2.24, 2.45) is 34.0 Å². The van der Waals surface area contributed by atoms with Gasteiger partial charge in [-0.15, -0.1) is 0 Å². The van der Waals surface area contributed by atoms with Gasteiger partial charge in [0.2, 0.25) is 88.6 Å². The molecule has 0 unspecified atom stereocenters. The van der Waals surface area contributed by atoms with E-state index in [1.165, 1.54) is 50.6 Å². The number of unbranched alkanes of at least 4 members (excludes halogenated alkanes) is 1. The molecule has 1 aromatic heterocycles. The Labute approximate surface area is 642 Å². The van der Waals surface area contributed by atoms with Crippen LogP contribution in [0.5, 0.6) is 5.75 Å². The van der Waals surface area contributed by atoms with Crippen molar-refractivity contribution in [1.82, 2.24) is 89.3 Å². The Morgan fingerprint density at radius 1 is 0.550 bits per heavy atom. The van der Waals surface area contributed by atoms with Crippen LogP contribution in [0, 0.1) is 11.8 Å². The molecule has 0 aliphatic carbocycles. The van der Waals surface area contributed by atoms with Crippen molar-refractivity contribution in [3.63, 3.8) is 0 Å². The maximum absolute atomic E-state index is 15.3. The van der Waals surface area contributed by atoms with Gasteiger partial charge in [-0.1, -0.05) is 83.0 Å². The number of aliphatic carboxylic acids is 1. The van der Waals surface area contributed by atoms with Crippen LogP contribution in [0.3, 0.4) is 0 Å². The molecule has 4 fully saturated rings. The standard InChI is InChI=1S/C65H97N21O19S4/c1-31(2)16-39-57(98)82-44-27-107-106-26-43(55(96)73-23-48(89)75-40(17-33-10-12-35(87)13-11-33)58(99)78-38(56(97)79-39)8-5-6-14-66)81-61(102)46-29-109-108-28-45(83-62(103)47-19-36(88)25-86(47)64(105)42(80-60(44)101)18-34-21-69-30-74-34)59(100)77-37(9-7-15-70-65(67)68)53(94)71-22-49(90)76-41(20-51(92)93)54(95)72-24-50(91)85-52(32(3)4)63(104)84-46/h10-13,21,30-32,36-47,52,87-88H,5-9,14-20,22-29,66H2,1-4H3,(H,69,74)(H,71,94)(H,72,95)(H,73,96)(H,75,89)(H,76,90)(H,77,100)(H,78,99)(H,79,97)(H,80,101)(H,81,102)(H,82,98)(H,83,103)(H,84,104)(H,85,91)(H,92,93)(H4,67,68,70)/t36-,37+,38+,39+,40+,41+,42+,43+,44+,45+,46+,47+,52+/m1/s1. The number of aromatic amines is 1. The molecule has 44 heteroatoms. The quantitative estimate of drug-likeness (QED) is 0.0303. The molecule has 40 nitrogen and oxygen atoms in total. The van der Waals surface area contributed by atoms with Crippen molar-refractivity contribution in [2.45, 2.75) is 171 Å². The number of amides is 15. The first-order chi connectivity index (χ1) is 51.8. The number of aromatic nitrogens is 2. The maximum atomic E-state index is 15.3. The second-order valence-electron chi connectivity index (χ2n) is 26.8. The van der Waals surface area contributed by atoms with E-state index in [1.54, 1.807) is 13.8 Å². The summed E-state index contributed by atoms with van der Waals surface area (Å²) in [5.74, 6) is -20.3. The highest BCUT2D eigenvalue weighted by Gasteiger charge is 2.44. The van der Waals surface area contributed by atoms with Gasteiger partial charge in [0, 0.05) is 67.3 Å². The number of hydrogen-bond acceptors (Lipinski definition) is 25. The summed E-state index contributed by atoms with van der Waals surface area (Å²) >= 11 is 0. The summed E-state index contributed by atoms with van der Waals surface area (Å²) in [7, 11) is 3.37. The van der Waals surface area contributed by atoms with Gasteiger partial charge in [-0.2, -0.15) is 0 Å². The summed E-state index contributed by atoms with van der Waals surface area (Å²) < 4.78 is 0. The van der Waals surface area contributed by atoms with Crippen LogP contribution in [-0.2, 0) is 89.6 Å². The average Bonchev–Trinajstić information content (AvgIpc) is 1.74. The minimum Gasteiger partial charge on any atom is -0.508 e. The van der Waals surface area contributed by atoms with Crippen molar-refractivity contribution in [3.05, 3.63) is 48.0 Å². The number of carbonyl (C=O) groups is 16. The molecule has 2 aromatic rings. The number of rotatable bonds is 17. The normalized spacial score (nSPS) is 26.8. The van der Waals surface area contributed by atoms with Gasteiger partial charge in [0.1, 0.15) is 78.3 Å². The van der Waals surface area contributed by atoms with Crippen LogP contribution in [0.4, 0.5) is 0 Å². The van der Waals surface area contributed by atoms with E-state index in [1.807, 2.05) is 0 Å². The highest BCUT2D eigenvalue weighted by atomic mass is 33.1. The van der Waals surface area contributed by atoms with Gasteiger partial charge in [-0.05, 0) is 74.6 Å². The Kier molecular flexibility index (Phi) is 35.7. The fourth-order valence-electron chi connectivity index (χ4n) is 11.5. The Morgan fingerprint density at radius 2 is 1.03 bits per heavy atom. The molecule has 0 spiro atoms. The molecular formula is C65H97N21O19S4. The third kappa shape index (κ3) is 29.4. The molecule has 0 radical (unpaired) electrons. The van der Waals surface area contributed by atoms with E-state index in [9.17, 15) is 77.6 Å². The number of aromatic hydroxyl groups is 1. The van der Waals surface area contributed by atoms with Crippen molar-refractivity contribution in [1.29, 1.82) is 0 Å². The SMILES string of the molecule is CC(C)C[C@@H]1NC(=O)[C@H](CCCCN)NC(=O)[C@H](Cc2ccc(O)cc2)NC(=O)CNC(=O)[C@@H]2CSSC[C@H](NC1=O)C(=O)N[C@@H](Cc1cnc[nH]1)C(=O)N1C[C@H](O)C[C@H]1C(=O)N[C@H]1CSSC[C@H](NC(=O)[C@H](C(C)C)NC(=O)CNC(=O)[C@H](CC(=O)O)NC(=O)CNC(=O)[C@H](CCCN=C(N)N)NC1=O)C(=O)N2. The van der Waals surface area contributed by atoms with E-state index in [4.69, 9.17) is 17.2 Å². The number of H-pyrrole nitrogens is 1. The average molecular weight is 1600 g/mol. The van der Waals surface area contributed by atoms with Crippen molar-refractivity contribution < 1.29 is 92.0 Å². The smallest absolute Gasteiger partial charge is 0.305 e. The number of aliphatic hydroxyl groups is 1. The highest BCUT2D eigenvalue weighted by molar-refractivity contribution is 8.77. The number of imidazole rings is 1. The first kappa shape index (κ1) is 88.2. The highest BCUT2D eigenvalue weighted by Crippen LogP contribution is 2.28. The number of aliphatic hydroxyl groups excluding tert-OH is 1. The lowest BCUT2D eigenvalue weighted by molar-refractivity contribution is -0.142. The number of aliphatic imine (C=N–C) groups is 1. The molecule has 109 heavy (non-hydrogen) atoms. The Balaban J connectivity index is 1.52. The number of guanidine groups is 1. The summed E-state index contributed by atoms with van der Waals surface area (Å²) in [6, 6.07) is -13.8. The number of nitrogens with zero attached hydrogens (tertiary/aromatic N) is 3. The summed E-state index contributed by atoms with van der Waals surface area (Å²) in [6.07, 6.45) is -0.557. The van der Waals surface area contributed by atoms with E-state index in [0.717, 1.165) is 48.1 Å². The monoisotopic (exact) mass is 1600 g/mol. The number of carbonyl (C=O) groups excluding carboxylic acids is 15. The number of carboxylic acid groups (broad SMARTS) is 1. The summed E-state index contributed by atoms with van der Waals surface area (Å²) in [4.78, 5) is 242. The largest absolute Gasteiger partial charge is 0.508 e. The third-order valence-electron chi connectivity index (χ3n) is 17.2. The number of hydrogen-bond donors (Lipinski definition) is 21. The van der Waals surface area contributed by atoms with Crippen molar-refractivity contribution >= 4 is 144 Å². The lowest BCUT2D eigenvalue weighted by Crippen LogP contribution is -2.61. The molecule has 600 valence electrons. The second kappa shape index (κ2) is 44.1. The fraction of sp³-hybridized carbons (Fsp3) is 0.600. The van der Waals surface area contributed by atoms with Gasteiger partial charge in [0.25, 0.3) is 0 Å².